The van der Waals surface area contributed by atoms with Crippen LogP contribution in [0.25, 0.3) is 11.1 Å². The van der Waals surface area contributed by atoms with Crippen molar-refractivity contribution in [1.82, 2.24) is 4.98 Å². The van der Waals surface area contributed by atoms with E-state index < -0.39 is 5.97 Å². The van der Waals surface area contributed by atoms with Crippen molar-refractivity contribution in [3.05, 3.63) is 64.3 Å². The average molecular weight is 334 g/mol. The van der Waals surface area contributed by atoms with Gasteiger partial charge in [0.25, 0.3) is 0 Å². The molecule has 0 fully saturated rings. The summed E-state index contributed by atoms with van der Waals surface area (Å²) < 4.78 is 19.4. The Morgan fingerprint density at radius 3 is 2.78 bits per heavy atom. The number of rotatable bonds is 5. The molecule has 1 heterocycles. The Balaban J connectivity index is 1.96. The molecule has 0 saturated carbocycles. The van der Waals surface area contributed by atoms with Crippen molar-refractivity contribution in [3.8, 4) is 0 Å². The minimum Gasteiger partial charge on any atom is -0.481 e. The van der Waals surface area contributed by atoms with E-state index in [2.05, 4.69) is 4.98 Å². The molecule has 0 aliphatic heterocycles. The van der Waals surface area contributed by atoms with Crippen LogP contribution in [-0.2, 0) is 17.6 Å². The zero-order chi connectivity index (χ0) is 16.4. The second kappa shape index (κ2) is 6.38. The quantitative estimate of drug-likeness (QED) is 0.759. The van der Waals surface area contributed by atoms with Crippen molar-refractivity contribution in [2.45, 2.75) is 19.3 Å². The molecule has 4 nitrogen and oxygen atoms in total. The molecule has 2 aromatic carbocycles. The number of carbonyl (C=O) groups is 1. The maximum atomic E-state index is 13.7. The standard InChI is InChI=1S/C17H13ClFNO3/c18-12-7-11(5-6-16(21)22)17-14(9-12)20-15(23-17)8-10-3-1-2-4-13(10)19/h1-4,7,9H,5-6,8H2,(H,21,22). The first-order chi connectivity index (χ1) is 11.0. The van der Waals surface area contributed by atoms with Crippen LogP contribution in [0.2, 0.25) is 5.02 Å². The van der Waals surface area contributed by atoms with Gasteiger partial charge in [0.05, 0.1) is 6.42 Å². The lowest BCUT2D eigenvalue weighted by Crippen LogP contribution is -1.97. The van der Waals surface area contributed by atoms with Gasteiger partial charge in [-0.05, 0) is 35.7 Å². The lowest BCUT2D eigenvalue weighted by molar-refractivity contribution is -0.136. The van der Waals surface area contributed by atoms with E-state index in [1.165, 1.54) is 6.07 Å². The Hall–Kier alpha value is -2.40. The fraction of sp³-hybridized carbons (Fsp3) is 0.176. The second-order valence-corrected chi connectivity index (χ2v) is 5.62. The van der Waals surface area contributed by atoms with E-state index in [1.807, 2.05) is 0 Å². The van der Waals surface area contributed by atoms with Gasteiger partial charge in [0.2, 0.25) is 0 Å². The number of carboxylic acid groups (broad SMARTS) is 1. The second-order valence-electron chi connectivity index (χ2n) is 5.18. The van der Waals surface area contributed by atoms with E-state index in [0.717, 1.165) is 0 Å². The largest absolute Gasteiger partial charge is 0.481 e. The van der Waals surface area contributed by atoms with Crippen molar-refractivity contribution in [2.24, 2.45) is 0 Å². The molecule has 23 heavy (non-hydrogen) atoms. The smallest absolute Gasteiger partial charge is 0.303 e. The third-order valence-electron chi connectivity index (χ3n) is 3.48. The number of oxazole rings is 1. The molecule has 0 bridgehead atoms. The van der Waals surface area contributed by atoms with Gasteiger partial charge >= 0.3 is 5.97 Å². The number of aromatic nitrogens is 1. The first-order valence-corrected chi connectivity index (χ1v) is 7.44. The summed E-state index contributed by atoms with van der Waals surface area (Å²) in [6, 6.07) is 9.74. The van der Waals surface area contributed by atoms with Crippen molar-refractivity contribution < 1.29 is 18.7 Å². The van der Waals surface area contributed by atoms with Crippen LogP contribution in [0.5, 0.6) is 0 Å². The maximum Gasteiger partial charge on any atom is 0.303 e. The normalized spacial score (nSPS) is 11.0. The highest BCUT2D eigenvalue weighted by Crippen LogP contribution is 2.27. The summed E-state index contributed by atoms with van der Waals surface area (Å²) in [5.41, 5.74) is 2.21. The van der Waals surface area contributed by atoms with Crippen LogP contribution in [0.1, 0.15) is 23.4 Å². The third-order valence-corrected chi connectivity index (χ3v) is 3.70. The van der Waals surface area contributed by atoms with Crippen LogP contribution >= 0.6 is 11.6 Å². The highest BCUT2D eigenvalue weighted by Gasteiger charge is 2.14. The molecule has 6 heteroatoms. The highest BCUT2D eigenvalue weighted by atomic mass is 35.5. The number of carboxylic acids is 1. The number of nitrogens with zero attached hydrogens (tertiary/aromatic N) is 1. The Bertz CT molecular complexity index is 875. The summed E-state index contributed by atoms with van der Waals surface area (Å²) in [6.45, 7) is 0. The van der Waals surface area contributed by atoms with Crippen LogP contribution in [0.15, 0.2) is 40.8 Å². The van der Waals surface area contributed by atoms with Crippen molar-refractivity contribution in [3.63, 3.8) is 0 Å². The van der Waals surface area contributed by atoms with Crippen molar-refractivity contribution in [2.75, 3.05) is 0 Å². The molecule has 0 aliphatic carbocycles. The number of benzene rings is 2. The Morgan fingerprint density at radius 2 is 2.04 bits per heavy atom. The number of fused-ring (bicyclic) bond motifs is 1. The van der Waals surface area contributed by atoms with Crippen LogP contribution in [0, 0.1) is 5.82 Å². The first-order valence-electron chi connectivity index (χ1n) is 7.06. The Kier molecular flexibility index (Phi) is 4.30. The van der Waals surface area contributed by atoms with E-state index in [-0.39, 0.29) is 18.7 Å². The molecule has 1 N–H and O–H groups in total. The van der Waals surface area contributed by atoms with Crippen LogP contribution in [0.4, 0.5) is 4.39 Å². The van der Waals surface area contributed by atoms with Gasteiger partial charge in [0.1, 0.15) is 11.3 Å². The summed E-state index contributed by atoms with van der Waals surface area (Å²) >= 11 is 6.04. The molecule has 0 saturated heterocycles. The predicted molar refractivity (Wildman–Crippen MR) is 84.2 cm³/mol. The molecule has 118 valence electrons. The van der Waals surface area contributed by atoms with Gasteiger partial charge in [-0.1, -0.05) is 29.8 Å². The van der Waals surface area contributed by atoms with E-state index in [4.69, 9.17) is 21.1 Å². The molecular formula is C17H13ClFNO3. The first kappa shape index (κ1) is 15.5. The number of aliphatic carboxylic acids is 1. The van der Waals surface area contributed by atoms with Crippen LogP contribution in [-0.4, -0.2) is 16.1 Å². The molecule has 0 atom stereocenters. The van der Waals surface area contributed by atoms with E-state index in [0.29, 0.717) is 39.6 Å². The summed E-state index contributed by atoms with van der Waals surface area (Å²) in [6.07, 6.45) is 0.483. The predicted octanol–water partition coefficient (Wildman–Crippen LogP) is 4.23. The van der Waals surface area contributed by atoms with Gasteiger partial charge in [0.15, 0.2) is 11.5 Å². The van der Waals surface area contributed by atoms with Crippen molar-refractivity contribution >= 4 is 28.7 Å². The van der Waals surface area contributed by atoms with Gasteiger partial charge in [-0.25, -0.2) is 9.37 Å². The van der Waals surface area contributed by atoms with Crippen LogP contribution in [0.3, 0.4) is 0 Å². The monoisotopic (exact) mass is 333 g/mol. The van der Waals surface area contributed by atoms with Gasteiger partial charge in [-0.3, -0.25) is 4.79 Å². The van der Waals surface area contributed by atoms with Crippen LogP contribution < -0.4 is 0 Å². The fourth-order valence-corrected chi connectivity index (χ4v) is 2.65. The molecular weight excluding hydrogens is 321 g/mol. The zero-order valence-electron chi connectivity index (χ0n) is 12.1. The number of aryl methyl sites for hydroxylation is 1. The highest BCUT2D eigenvalue weighted by molar-refractivity contribution is 6.31. The van der Waals surface area contributed by atoms with Crippen molar-refractivity contribution in [1.29, 1.82) is 0 Å². The van der Waals surface area contributed by atoms with E-state index in [1.54, 1.807) is 30.3 Å². The van der Waals surface area contributed by atoms with Gasteiger partial charge < -0.3 is 9.52 Å². The summed E-state index contributed by atoms with van der Waals surface area (Å²) in [5.74, 6) is -0.855. The minimum absolute atomic E-state index is 0.0290. The Labute approximate surface area is 136 Å². The fourth-order valence-electron chi connectivity index (χ4n) is 2.42. The van der Waals surface area contributed by atoms with Gasteiger partial charge in [-0.15, -0.1) is 0 Å². The molecule has 3 aromatic rings. The lowest BCUT2D eigenvalue weighted by Gasteiger charge is -2.00. The SMILES string of the molecule is O=C(O)CCc1cc(Cl)cc2nc(Cc3ccccc3F)oc12. The summed E-state index contributed by atoms with van der Waals surface area (Å²) in [4.78, 5) is 15.1. The summed E-state index contributed by atoms with van der Waals surface area (Å²) in [7, 11) is 0. The number of hydrogen-bond donors (Lipinski definition) is 1. The molecule has 0 spiro atoms. The van der Waals surface area contributed by atoms with E-state index in [9.17, 15) is 9.18 Å². The minimum atomic E-state index is -0.899. The Morgan fingerprint density at radius 1 is 1.26 bits per heavy atom. The third kappa shape index (κ3) is 3.51. The number of halogens is 2. The molecule has 0 radical (unpaired) electrons. The molecule has 1 aromatic heterocycles. The summed E-state index contributed by atoms with van der Waals surface area (Å²) in [5, 5.41) is 9.29. The zero-order valence-corrected chi connectivity index (χ0v) is 12.8. The van der Waals surface area contributed by atoms with Gasteiger partial charge in [-0.2, -0.15) is 0 Å². The molecule has 0 aliphatic rings. The maximum absolute atomic E-state index is 13.7. The van der Waals surface area contributed by atoms with Gasteiger partial charge in [0, 0.05) is 11.4 Å². The number of hydrogen-bond acceptors (Lipinski definition) is 3. The van der Waals surface area contributed by atoms with E-state index >= 15 is 0 Å². The lowest BCUT2D eigenvalue weighted by atomic mass is 10.1. The average Bonchev–Trinajstić information content (AvgIpc) is 2.89. The molecule has 0 amide bonds. The topological polar surface area (TPSA) is 63.3 Å². The molecule has 3 rings (SSSR count). The molecule has 0 unspecified atom stereocenters.